The van der Waals surface area contributed by atoms with E-state index in [1.165, 1.54) is 12.1 Å². The normalized spacial score (nSPS) is 13.4. The molecule has 11 heavy (non-hydrogen) atoms. The van der Waals surface area contributed by atoms with E-state index in [9.17, 15) is 4.39 Å². The van der Waals surface area contributed by atoms with E-state index >= 15 is 0 Å². The highest BCUT2D eigenvalue weighted by atomic mass is 19.1. The fourth-order valence-corrected chi connectivity index (χ4v) is 0.809. The number of furan rings is 1. The quantitative estimate of drug-likeness (QED) is 0.685. The van der Waals surface area contributed by atoms with Gasteiger partial charge in [0.25, 0.3) is 6.01 Å². The maximum absolute atomic E-state index is 12.2. The van der Waals surface area contributed by atoms with Crippen LogP contribution in [0.5, 0.6) is 0 Å². The zero-order chi connectivity index (χ0) is 8.27. The minimum Gasteiger partial charge on any atom is -0.435 e. The molecule has 0 aliphatic heterocycles. The molecule has 1 heterocycles. The molecule has 0 saturated carbocycles. The standard InChI is InChI=1S/C7H10FNO2/c8-7-2-1-6(11-7)5(9)3-4-10/h1-2,5,10H,3-4,9H2/t5-/m0/s1. The average molecular weight is 159 g/mol. The van der Waals surface area contributed by atoms with Crippen molar-refractivity contribution in [1.29, 1.82) is 0 Å². The maximum atomic E-state index is 12.2. The smallest absolute Gasteiger partial charge is 0.277 e. The molecule has 1 rings (SSSR count). The van der Waals surface area contributed by atoms with Crippen molar-refractivity contribution in [1.82, 2.24) is 0 Å². The molecule has 3 nitrogen and oxygen atoms in total. The predicted octanol–water partition coefficient (Wildman–Crippen LogP) is 0.801. The molecule has 0 aliphatic rings. The lowest BCUT2D eigenvalue weighted by Gasteiger charge is -2.04. The number of aliphatic hydroxyl groups is 1. The summed E-state index contributed by atoms with van der Waals surface area (Å²) in [5, 5.41) is 8.49. The van der Waals surface area contributed by atoms with Crippen molar-refractivity contribution in [2.24, 2.45) is 5.73 Å². The molecule has 0 fully saturated rings. The third-order valence-corrected chi connectivity index (χ3v) is 1.40. The zero-order valence-corrected chi connectivity index (χ0v) is 5.96. The predicted molar refractivity (Wildman–Crippen MR) is 37.3 cm³/mol. The third-order valence-electron chi connectivity index (χ3n) is 1.40. The van der Waals surface area contributed by atoms with E-state index in [1.54, 1.807) is 0 Å². The Bertz CT molecular complexity index is 224. The molecular formula is C7H10FNO2. The van der Waals surface area contributed by atoms with Crippen molar-refractivity contribution in [2.45, 2.75) is 12.5 Å². The van der Waals surface area contributed by atoms with E-state index in [1.807, 2.05) is 0 Å². The number of rotatable bonds is 3. The van der Waals surface area contributed by atoms with Gasteiger partial charge in [-0.25, -0.2) is 0 Å². The van der Waals surface area contributed by atoms with Gasteiger partial charge in [-0.15, -0.1) is 0 Å². The minimum absolute atomic E-state index is 0.0243. The van der Waals surface area contributed by atoms with Crippen molar-refractivity contribution in [2.75, 3.05) is 6.61 Å². The molecule has 0 radical (unpaired) electrons. The van der Waals surface area contributed by atoms with Crippen LogP contribution in [0.1, 0.15) is 18.2 Å². The van der Waals surface area contributed by atoms with Crippen molar-refractivity contribution in [3.8, 4) is 0 Å². The molecule has 0 aliphatic carbocycles. The van der Waals surface area contributed by atoms with Crippen LogP contribution in [0.3, 0.4) is 0 Å². The second-order valence-corrected chi connectivity index (χ2v) is 2.26. The van der Waals surface area contributed by atoms with Crippen LogP contribution in [0.2, 0.25) is 0 Å². The van der Waals surface area contributed by atoms with Crippen LogP contribution >= 0.6 is 0 Å². The minimum atomic E-state index is -0.645. The molecule has 1 aromatic rings. The van der Waals surface area contributed by atoms with Gasteiger partial charge in [0, 0.05) is 12.7 Å². The summed E-state index contributed by atoms with van der Waals surface area (Å²) in [7, 11) is 0. The number of halogens is 1. The first-order valence-corrected chi connectivity index (χ1v) is 3.35. The summed E-state index contributed by atoms with van der Waals surface area (Å²) in [6.07, 6.45) is 0.382. The Morgan fingerprint density at radius 2 is 2.36 bits per heavy atom. The van der Waals surface area contributed by atoms with Gasteiger partial charge in [-0.2, -0.15) is 4.39 Å². The van der Waals surface area contributed by atoms with Gasteiger partial charge < -0.3 is 15.3 Å². The van der Waals surface area contributed by atoms with E-state index in [0.29, 0.717) is 12.2 Å². The lowest BCUT2D eigenvalue weighted by Crippen LogP contribution is -2.10. The molecule has 3 N–H and O–H groups in total. The van der Waals surface area contributed by atoms with Gasteiger partial charge in [0.05, 0.1) is 6.04 Å². The summed E-state index contributed by atoms with van der Waals surface area (Å²) in [5.41, 5.74) is 5.50. The Morgan fingerprint density at radius 3 is 2.82 bits per heavy atom. The Labute approximate surface area is 63.6 Å². The number of hydrogen-bond acceptors (Lipinski definition) is 3. The van der Waals surface area contributed by atoms with Crippen LogP contribution in [0.25, 0.3) is 0 Å². The average Bonchev–Trinajstić information content (AvgIpc) is 2.36. The van der Waals surface area contributed by atoms with E-state index < -0.39 is 12.1 Å². The first-order chi connectivity index (χ1) is 5.24. The molecule has 62 valence electrons. The van der Waals surface area contributed by atoms with Gasteiger partial charge in [-0.1, -0.05) is 0 Å². The second-order valence-electron chi connectivity index (χ2n) is 2.26. The maximum Gasteiger partial charge on any atom is 0.277 e. The number of hydrogen-bond donors (Lipinski definition) is 2. The molecule has 0 spiro atoms. The van der Waals surface area contributed by atoms with E-state index in [-0.39, 0.29) is 6.61 Å². The first kappa shape index (κ1) is 8.23. The summed E-state index contributed by atoms with van der Waals surface area (Å²) in [6.45, 7) is -0.0243. The number of nitrogens with two attached hydrogens (primary N) is 1. The molecule has 4 heteroatoms. The summed E-state index contributed by atoms with van der Waals surface area (Å²) < 4.78 is 16.8. The van der Waals surface area contributed by atoms with Crippen molar-refractivity contribution < 1.29 is 13.9 Å². The Hall–Kier alpha value is -0.870. The van der Waals surface area contributed by atoms with E-state index in [2.05, 4.69) is 4.42 Å². The summed E-state index contributed by atoms with van der Waals surface area (Å²) in [6, 6.07) is 1.61. The van der Waals surface area contributed by atoms with E-state index in [4.69, 9.17) is 10.8 Å². The molecule has 1 atom stereocenters. The number of aliphatic hydroxyl groups excluding tert-OH is 1. The lowest BCUT2D eigenvalue weighted by molar-refractivity contribution is 0.259. The SMILES string of the molecule is N[C@@H](CCO)c1ccc(F)o1. The highest BCUT2D eigenvalue weighted by molar-refractivity contribution is 5.04. The van der Waals surface area contributed by atoms with Crippen molar-refractivity contribution in [3.05, 3.63) is 23.9 Å². The molecule has 0 bridgehead atoms. The van der Waals surface area contributed by atoms with Gasteiger partial charge in [-0.3, -0.25) is 0 Å². The van der Waals surface area contributed by atoms with Crippen molar-refractivity contribution in [3.63, 3.8) is 0 Å². The van der Waals surface area contributed by atoms with Crippen LogP contribution in [0.4, 0.5) is 4.39 Å². The fourth-order valence-electron chi connectivity index (χ4n) is 0.809. The fraction of sp³-hybridized carbons (Fsp3) is 0.429. The van der Waals surface area contributed by atoms with Gasteiger partial charge in [0.1, 0.15) is 5.76 Å². The van der Waals surface area contributed by atoms with Crippen molar-refractivity contribution >= 4 is 0 Å². The van der Waals surface area contributed by atoms with Crippen LogP contribution in [0.15, 0.2) is 16.5 Å². The van der Waals surface area contributed by atoms with Gasteiger partial charge >= 0.3 is 0 Å². The molecule has 0 saturated heterocycles. The molecule has 0 aromatic carbocycles. The largest absolute Gasteiger partial charge is 0.435 e. The zero-order valence-electron chi connectivity index (χ0n) is 5.96. The van der Waals surface area contributed by atoms with Crippen LogP contribution in [0, 0.1) is 6.01 Å². The van der Waals surface area contributed by atoms with Crippen LogP contribution in [-0.2, 0) is 0 Å². The second kappa shape index (κ2) is 3.50. The van der Waals surface area contributed by atoms with Gasteiger partial charge in [0.15, 0.2) is 0 Å². The van der Waals surface area contributed by atoms with Crippen LogP contribution < -0.4 is 5.73 Å². The van der Waals surface area contributed by atoms with Gasteiger partial charge in [-0.05, 0) is 12.5 Å². The third kappa shape index (κ3) is 2.03. The highest BCUT2D eigenvalue weighted by Crippen LogP contribution is 2.15. The van der Waals surface area contributed by atoms with E-state index in [0.717, 1.165) is 0 Å². The highest BCUT2D eigenvalue weighted by Gasteiger charge is 2.09. The summed E-state index contributed by atoms with van der Waals surface area (Å²) in [4.78, 5) is 0. The molecule has 0 unspecified atom stereocenters. The molecular weight excluding hydrogens is 149 g/mol. The summed E-state index contributed by atoms with van der Waals surface area (Å²) >= 11 is 0. The Morgan fingerprint density at radius 1 is 1.64 bits per heavy atom. The monoisotopic (exact) mass is 159 g/mol. The lowest BCUT2D eigenvalue weighted by atomic mass is 10.2. The van der Waals surface area contributed by atoms with Gasteiger partial charge in [0.2, 0.25) is 0 Å². The first-order valence-electron chi connectivity index (χ1n) is 3.35. The van der Waals surface area contributed by atoms with Crippen LogP contribution in [-0.4, -0.2) is 11.7 Å². The Kier molecular flexibility index (Phi) is 2.62. The molecule has 1 aromatic heterocycles. The summed E-state index contributed by atoms with van der Waals surface area (Å²) in [5.74, 6) is 0.372. The topological polar surface area (TPSA) is 59.4 Å². The molecule has 0 amide bonds. The Balaban J connectivity index is 2.60.